The van der Waals surface area contributed by atoms with Gasteiger partial charge < -0.3 is 25.8 Å². The minimum Gasteiger partial charge on any atom is -0.339 e. The molecule has 3 aliphatic rings. The number of aromatic nitrogens is 2. The molecule has 5 aromatic rings. The minimum absolute atomic E-state index is 0.0130. The van der Waals surface area contributed by atoms with E-state index in [1.807, 2.05) is 29.2 Å². The van der Waals surface area contributed by atoms with Gasteiger partial charge in [-0.25, -0.2) is 9.37 Å². The molecule has 4 amide bonds. The molecule has 4 aromatic carbocycles. The number of carbonyl (C=O) groups is 4. The molecule has 4 N–H and O–H groups in total. The highest BCUT2D eigenvalue weighted by molar-refractivity contribution is 6.33. The zero-order valence-corrected chi connectivity index (χ0v) is 34.1. The monoisotopic (exact) mass is 838 g/mol. The first kappa shape index (κ1) is 41.1. The molecule has 14 heteroatoms. The number of carbonyl (C=O) groups excluding carboxylic acids is 4. The lowest BCUT2D eigenvalue weighted by molar-refractivity contribution is -0.134. The van der Waals surface area contributed by atoms with Crippen LogP contribution in [0.4, 0.5) is 33.2 Å². The van der Waals surface area contributed by atoms with Crippen LogP contribution in [0, 0.1) is 23.6 Å². The van der Waals surface area contributed by atoms with Crippen LogP contribution in [-0.4, -0.2) is 75.6 Å². The topological polar surface area (TPSA) is 149 Å². The van der Waals surface area contributed by atoms with Gasteiger partial charge in [-0.3, -0.25) is 24.5 Å². The second kappa shape index (κ2) is 18.8. The molecule has 12 nitrogen and oxygen atoms in total. The van der Waals surface area contributed by atoms with E-state index in [4.69, 9.17) is 11.6 Å². The number of rotatable bonds is 9. The SMILES string of the molecule is O=C1CCC(c2ccc(C#CC3CCN(C4CCN(C(=O)c5ccc(Nc6ncc(F)c(Nc7ccc(C(=O)Nc8ccccc8Cl)cc7)n6)cc5)CC4)CC3)cc2)C(=O)N1. The summed E-state index contributed by atoms with van der Waals surface area (Å²) in [6.45, 7) is 3.34. The molecule has 1 atom stereocenters. The number of imide groups is 1. The summed E-state index contributed by atoms with van der Waals surface area (Å²) in [7, 11) is 0. The van der Waals surface area contributed by atoms with Crippen molar-refractivity contribution >= 4 is 64.1 Å². The van der Waals surface area contributed by atoms with E-state index in [9.17, 15) is 23.6 Å². The van der Waals surface area contributed by atoms with Gasteiger partial charge in [-0.15, -0.1) is 0 Å². The summed E-state index contributed by atoms with van der Waals surface area (Å²) in [5.41, 5.74) is 4.47. The number of halogens is 2. The summed E-state index contributed by atoms with van der Waals surface area (Å²) in [6.07, 6.45) is 5.81. The average molecular weight is 839 g/mol. The number of benzene rings is 4. The van der Waals surface area contributed by atoms with E-state index in [-0.39, 0.29) is 41.3 Å². The quantitative estimate of drug-likeness (QED) is 0.0859. The lowest BCUT2D eigenvalue weighted by atomic mass is 9.90. The number of anilines is 5. The molecule has 0 radical (unpaired) electrons. The van der Waals surface area contributed by atoms with Crippen molar-refractivity contribution < 1.29 is 23.6 Å². The Hall–Kier alpha value is -6.62. The van der Waals surface area contributed by atoms with Gasteiger partial charge in [-0.2, -0.15) is 4.98 Å². The van der Waals surface area contributed by atoms with E-state index in [0.717, 1.165) is 56.1 Å². The largest absolute Gasteiger partial charge is 0.339 e. The van der Waals surface area contributed by atoms with E-state index < -0.39 is 5.82 Å². The van der Waals surface area contributed by atoms with E-state index in [0.29, 0.717) is 71.1 Å². The van der Waals surface area contributed by atoms with Gasteiger partial charge in [0.05, 0.1) is 22.8 Å². The number of hydrogen-bond donors (Lipinski definition) is 4. The zero-order chi connectivity index (χ0) is 42.3. The van der Waals surface area contributed by atoms with Crippen LogP contribution in [0.3, 0.4) is 0 Å². The minimum atomic E-state index is -0.654. The van der Waals surface area contributed by atoms with Crippen LogP contribution in [0.25, 0.3) is 0 Å². The molecule has 310 valence electrons. The van der Waals surface area contributed by atoms with Gasteiger partial charge in [0.25, 0.3) is 11.8 Å². The summed E-state index contributed by atoms with van der Waals surface area (Å²) in [4.78, 5) is 62.7. The first-order valence-corrected chi connectivity index (χ1v) is 20.8. The van der Waals surface area contributed by atoms with E-state index in [1.54, 1.807) is 72.8 Å². The predicted molar refractivity (Wildman–Crippen MR) is 233 cm³/mol. The fourth-order valence-corrected chi connectivity index (χ4v) is 8.14. The molecule has 0 aliphatic carbocycles. The van der Waals surface area contributed by atoms with E-state index >= 15 is 0 Å². The van der Waals surface area contributed by atoms with Crippen molar-refractivity contribution in [3.8, 4) is 11.8 Å². The first-order valence-electron chi connectivity index (χ1n) is 20.5. The van der Waals surface area contributed by atoms with Crippen LogP contribution in [0.15, 0.2) is 103 Å². The first-order chi connectivity index (χ1) is 29.6. The summed E-state index contributed by atoms with van der Waals surface area (Å²) in [5, 5.41) is 11.6. The smallest absolute Gasteiger partial charge is 0.255 e. The second-order valence-electron chi connectivity index (χ2n) is 15.5. The van der Waals surface area contributed by atoms with Crippen LogP contribution >= 0.6 is 11.6 Å². The molecule has 0 bridgehead atoms. The molecule has 1 aromatic heterocycles. The maximum absolute atomic E-state index is 14.7. The Morgan fingerprint density at radius 1 is 0.787 bits per heavy atom. The van der Waals surface area contributed by atoms with Crippen LogP contribution in [0.5, 0.6) is 0 Å². The molecule has 4 heterocycles. The van der Waals surface area contributed by atoms with Gasteiger partial charge in [0.15, 0.2) is 11.6 Å². The Balaban J connectivity index is 0.777. The van der Waals surface area contributed by atoms with Crippen LogP contribution in [0.1, 0.15) is 76.3 Å². The standard InChI is InChI=1S/C47H44ClFN8O4/c48-39-3-1-2-4-41(39)53-44(59)33-11-15-35(16-12-33)51-43-40(49)29-50-47(55-43)52-36-17-13-34(14-18-36)46(61)57-27-23-37(24-28-57)56-25-21-31(22-26-56)6-5-30-7-9-32(10-8-30)38-19-20-42(58)54-45(38)60/h1-4,7-18,29,31,37-38H,19-28H2,(H,53,59)(H,54,58,60)(H2,50,51,52,55). The Morgan fingerprint density at radius 3 is 2.15 bits per heavy atom. The van der Waals surface area contributed by atoms with Crippen molar-refractivity contribution in [2.75, 3.05) is 42.1 Å². The van der Waals surface area contributed by atoms with E-state index in [2.05, 4.69) is 48.0 Å². The third-order valence-electron chi connectivity index (χ3n) is 11.4. The van der Waals surface area contributed by atoms with Crippen molar-refractivity contribution in [3.63, 3.8) is 0 Å². The van der Waals surface area contributed by atoms with E-state index in [1.165, 1.54) is 0 Å². The molecule has 3 saturated heterocycles. The van der Waals surface area contributed by atoms with Crippen molar-refractivity contribution in [3.05, 3.63) is 136 Å². The molecule has 0 spiro atoms. The summed E-state index contributed by atoms with van der Waals surface area (Å²) in [5.74, 6) is 5.49. The predicted octanol–water partition coefficient (Wildman–Crippen LogP) is 7.90. The van der Waals surface area contributed by atoms with Crippen LogP contribution in [0.2, 0.25) is 5.02 Å². The number of nitrogens with zero attached hydrogens (tertiary/aromatic N) is 4. The lowest BCUT2D eigenvalue weighted by Crippen LogP contribution is -2.49. The molecule has 61 heavy (non-hydrogen) atoms. The lowest BCUT2D eigenvalue weighted by Gasteiger charge is -2.41. The Kier molecular flexibility index (Phi) is 12.6. The Morgan fingerprint density at radius 2 is 1.46 bits per heavy atom. The molecule has 1 unspecified atom stereocenters. The number of hydrogen-bond acceptors (Lipinski definition) is 9. The van der Waals surface area contributed by atoms with Gasteiger partial charge in [0, 0.05) is 59.5 Å². The molecule has 3 fully saturated rings. The van der Waals surface area contributed by atoms with Crippen molar-refractivity contribution in [1.82, 2.24) is 25.1 Å². The van der Waals surface area contributed by atoms with Crippen molar-refractivity contribution in [2.45, 2.75) is 50.5 Å². The van der Waals surface area contributed by atoms with Gasteiger partial charge in [0.2, 0.25) is 17.8 Å². The van der Waals surface area contributed by atoms with Crippen molar-refractivity contribution in [2.24, 2.45) is 5.92 Å². The number of likely N-dealkylation sites (tertiary alicyclic amines) is 2. The fraction of sp³-hybridized carbons (Fsp3) is 0.277. The highest BCUT2D eigenvalue weighted by Crippen LogP contribution is 2.28. The zero-order valence-electron chi connectivity index (χ0n) is 33.3. The maximum Gasteiger partial charge on any atom is 0.255 e. The molecular weight excluding hydrogens is 795 g/mol. The number of para-hydroxylation sites is 1. The maximum atomic E-state index is 14.7. The Labute approximate surface area is 358 Å². The number of nitrogens with one attached hydrogen (secondary N) is 4. The molecule has 8 rings (SSSR count). The van der Waals surface area contributed by atoms with Crippen LogP contribution in [-0.2, 0) is 9.59 Å². The van der Waals surface area contributed by atoms with Gasteiger partial charge >= 0.3 is 0 Å². The fourth-order valence-electron chi connectivity index (χ4n) is 7.96. The Bertz CT molecular complexity index is 2470. The highest BCUT2D eigenvalue weighted by atomic mass is 35.5. The van der Waals surface area contributed by atoms with Crippen molar-refractivity contribution in [1.29, 1.82) is 0 Å². The average Bonchev–Trinajstić information content (AvgIpc) is 3.28. The summed E-state index contributed by atoms with van der Waals surface area (Å²) >= 11 is 6.15. The number of piperidine rings is 3. The van der Waals surface area contributed by atoms with Gasteiger partial charge in [0.1, 0.15) is 0 Å². The third kappa shape index (κ3) is 10.2. The summed E-state index contributed by atoms with van der Waals surface area (Å²) < 4.78 is 14.7. The molecule has 0 saturated carbocycles. The van der Waals surface area contributed by atoms with Gasteiger partial charge in [-0.05, 0) is 124 Å². The molecular formula is C47H44ClFN8O4. The van der Waals surface area contributed by atoms with Crippen LogP contribution < -0.4 is 21.3 Å². The second-order valence-corrected chi connectivity index (χ2v) is 15.9. The van der Waals surface area contributed by atoms with Gasteiger partial charge in [-0.1, -0.05) is 47.7 Å². The number of amides is 4. The normalized spacial score (nSPS) is 17.5. The molecule has 3 aliphatic heterocycles. The third-order valence-corrected chi connectivity index (χ3v) is 11.8. The highest BCUT2D eigenvalue weighted by Gasteiger charge is 2.30. The summed E-state index contributed by atoms with van der Waals surface area (Å²) in [6, 6.07) is 28.8.